The van der Waals surface area contributed by atoms with Crippen LogP contribution in [0.1, 0.15) is 27.8 Å². The second-order valence-electron chi connectivity index (χ2n) is 12.0. The van der Waals surface area contributed by atoms with Gasteiger partial charge in [0, 0.05) is 5.56 Å². The maximum atomic E-state index is 12.8. The molecule has 6 rings (SSSR count). The van der Waals surface area contributed by atoms with Gasteiger partial charge in [0.05, 0.1) is 36.6 Å². The molecule has 1 amide bonds. The number of fused-ring (bicyclic) bond motifs is 1. The van der Waals surface area contributed by atoms with Gasteiger partial charge in [-0.1, -0.05) is 66.2 Å². The summed E-state index contributed by atoms with van der Waals surface area (Å²) in [5, 5.41) is 47.3. The lowest BCUT2D eigenvalue weighted by atomic mass is 9.96. The Kier molecular flexibility index (Phi) is 12.2. The Morgan fingerprint density at radius 2 is 1.57 bits per heavy atom. The van der Waals surface area contributed by atoms with Crippen molar-refractivity contribution in [2.45, 2.75) is 74.3 Å². The number of methoxy groups -OCH3 is 1. The number of aliphatic hydroxyl groups excluding tert-OH is 4. The van der Waals surface area contributed by atoms with Crippen molar-refractivity contribution in [3.63, 3.8) is 0 Å². The number of carbonyl (C=O) groups is 2. The molecule has 16 heteroatoms. The van der Waals surface area contributed by atoms with E-state index in [0.717, 1.165) is 0 Å². The van der Waals surface area contributed by atoms with Crippen molar-refractivity contribution in [2.24, 2.45) is 0 Å². The van der Waals surface area contributed by atoms with Gasteiger partial charge in [-0.15, -0.1) is 0 Å². The fourth-order valence-corrected chi connectivity index (χ4v) is 6.05. The predicted octanol–water partition coefficient (Wildman–Crippen LogP) is 2.28. The van der Waals surface area contributed by atoms with E-state index in [0.29, 0.717) is 11.1 Å². The lowest BCUT2D eigenvalue weighted by molar-refractivity contribution is -0.386. The van der Waals surface area contributed by atoms with Gasteiger partial charge in [0.15, 0.2) is 18.9 Å². The number of benzene rings is 3. The average Bonchev–Trinajstić information content (AvgIpc) is 3.16. The van der Waals surface area contributed by atoms with Crippen LogP contribution in [0.2, 0.25) is 5.02 Å². The molecule has 3 aromatic carbocycles. The molecule has 0 aromatic heterocycles. The zero-order valence-corrected chi connectivity index (χ0v) is 28.0. The number of esters is 1. The molecule has 3 aliphatic heterocycles. The highest BCUT2D eigenvalue weighted by atomic mass is 35.5. The highest BCUT2D eigenvalue weighted by molar-refractivity contribution is 6.33. The monoisotopic (exact) mass is 731 g/mol. The normalized spacial score (nSPS) is 32.0. The number of rotatable bonds is 10. The van der Waals surface area contributed by atoms with Crippen molar-refractivity contribution >= 4 is 29.4 Å². The first kappa shape index (κ1) is 37.1. The van der Waals surface area contributed by atoms with Gasteiger partial charge in [-0.2, -0.15) is 0 Å². The Bertz CT molecular complexity index is 1620. The van der Waals surface area contributed by atoms with E-state index >= 15 is 0 Å². The predicted molar refractivity (Wildman–Crippen MR) is 175 cm³/mol. The molecule has 3 fully saturated rings. The van der Waals surface area contributed by atoms with Crippen LogP contribution in [0, 0.1) is 0 Å². The first-order valence-corrected chi connectivity index (χ1v) is 16.5. The van der Waals surface area contributed by atoms with Crippen LogP contribution in [0.4, 0.5) is 10.5 Å². The zero-order chi connectivity index (χ0) is 36.1. The summed E-state index contributed by atoms with van der Waals surface area (Å²) in [6.07, 6.45) is -15.7. The first-order chi connectivity index (χ1) is 24.6. The Morgan fingerprint density at radius 3 is 2.29 bits per heavy atom. The zero-order valence-electron chi connectivity index (χ0n) is 27.2. The van der Waals surface area contributed by atoms with Gasteiger partial charge in [-0.05, 0) is 29.8 Å². The highest BCUT2D eigenvalue weighted by Gasteiger charge is 2.53. The number of hydrogen-bond donors (Lipinski definition) is 5. The molecule has 3 aromatic rings. The Balaban J connectivity index is 1.15. The van der Waals surface area contributed by atoms with Crippen molar-refractivity contribution < 1.29 is 67.9 Å². The molecule has 3 heterocycles. The van der Waals surface area contributed by atoms with Crippen molar-refractivity contribution in [2.75, 3.05) is 25.6 Å². The Labute approximate surface area is 297 Å². The van der Waals surface area contributed by atoms with Crippen LogP contribution >= 0.6 is 11.6 Å². The van der Waals surface area contributed by atoms with Crippen LogP contribution < -0.4 is 5.32 Å². The maximum Gasteiger partial charge on any atom is 0.411 e. The van der Waals surface area contributed by atoms with Gasteiger partial charge < -0.3 is 58.3 Å². The highest BCUT2D eigenvalue weighted by Crippen LogP contribution is 2.36. The van der Waals surface area contributed by atoms with E-state index in [1.54, 1.807) is 48.5 Å². The summed E-state index contributed by atoms with van der Waals surface area (Å²) >= 11 is 6.18. The Hall–Kier alpha value is -3.71. The molecule has 11 atom stereocenters. The van der Waals surface area contributed by atoms with Gasteiger partial charge in [-0.25, -0.2) is 9.59 Å². The molecular formula is C35H38ClNO14. The maximum absolute atomic E-state index is 12.8. The van der Waals surface area contributed by atoms with Crippen molar-refractivity contribution in [1.29, 1.82) is 0 Å². The fourth-order valence-electron chi connectivity index (χ4n) is 5.88. The number of carbonyl (C=O) groups excluding carboxylic acids is 2. The molecule has 274 valence electrons. The molecule has 0 bridgehead atoms. The quantitative estimate of drug-likeness (QED) is 0.190. The summed E-state index contributed by atoms with van der Waals surface area (Å²) in [4.78, 5) is 24.5. The van der Waals surface area contributed by atoms with Gasteiger partial charge >= 0.3 is 12.1 Å². The number of aliphatic hydroxyl groups is 4. The largest absolute Gasteiger partial charge is 0.459 e. The third-order valence-electron chi connectivity index (χ3n) is 8.59. The van der Waals surface area contributed by atoms with Crippen LogP contribution in [-0.2, 0) is 44.5 Å². The molecule has 1 unspecified atom stereocenters. The Morgan fingerprint density at radius 1 is 0.863 bits per heavy atom. The van der Waals surface area contributed by atoms with Crippen molar-refractivity contribution in [3.8, 4) is 0 Å². The summed E-state index contributed by atoms with van der Waals surface area (Å²) in [6, 6.07) is 21.9. The second kappa shape index (κ2) is 16.8. The first-order valence-electron chi connectivity index (χ1n) is 16.1. The molecule has 15 nitrogen and oxygen atoms in total. The number of ether oxygens (including phenoxy) is 8. The number of anilines is 1. The minimum Gasteiger partial charge on any atom is -0.459 e. The van der Waals surface area contributed by atoms with E-state index in [-0.39, 0.29) is 29.5 Å². The van der Waals surface area contributed by atoms with Crippen molar-refractivity contribution in [3.05, 3.63) is 101 Å². The molecule has 51 heavy (non-hydrogen) atoms. The average molecular weight is 732 g/mol. The van der Waals surface area contributed by atoms with E-state index in [4.69, 9.17) is 44.8 Å². The molecule has 0 saturated carbocycles. The summed E-state index contributed by atoms with van der Waals surface area (Å²) in [5.41, 5.74) is 1.72. The summed E-state index contributed by atoms with van der Waals surface area (Å²) in [6.45, 7) is -0.665. The number of halogens is 1. The number of hydrogen-bond acceptors (Lipinski definition) is 14. The third-order valence-corrected chi connectivity index (χ3v) is 8.92. The van der Waals surface area contributed by atoms with E-state index in [1.807, 2.05) is 18.2 Å². The fraction of sp³-hybridized carbons (Fsp3) is 0.429. The van der Waals surface area contributed by atoms with Gasteiger partial charge in [0.25, 0.3) is 0 Å². The minimum absolute atomic E-state index is 0.0181. The van der Waals surface area contributed by atoms with E-state index in [9.17, 15) is 30.0 Å². The van der Waals surface area contributed by atoms with Crippen LogP contribution in [0.5, 0.6) is 0 Å². The number of amides is 1. The van der Waals surface area contributed by atoms with E-state index in [1.165, 1.54) is 19.2 Å². The summed E-state index contributed by atoms with van der Waals surface area (Å²) in [5.74, 6) is -0.695. The molecule has 0 spiro atoms. The SMILES string of the molecule is COC(=O)Nc1cc(CO[C@@H]2O[C@H](COC(=O)c3ccccc3)[C@@H](O[C@H]3O[C@@H]4COC(c5ccccc5)O[C@H]4[C@H](O)[C@H]3O)[C@H](O)[C@H]2O)ccc1Cl. The molecule has 0 aliphatic carbocycles. The van der Waals surface area contributed by atoms with Gasteiger partial charge in [0.2, 0.25) is 0 Å². The lowest BCUT2D eigenvalue weighted by Crippen LogP contribution is -2.66. The topological polar surface area (TPSA) is 201 Å². The van der Waals surface area contributed by atoms with E-state index < -0.39 is 86.4 Å². The van der Waals surface area contributed by atoms with Gasteiger partial charge in [-0.3, -0.25) is 5.32 Å². The van der Waals surface area contributed by atoms with Crippen LogP contribution in [-0.4, -0.2) is 114 Å². The second-order valence-corrected chi connectivity index (χ2v) is 12.4. The number of nitrogens with one attached hydrogen (secondary N) is 1. The van der Waals surface area contributed by atoms with E-state index in [2.05, 4.69) is 10.1 Å². The molecular weight excluding hydrogens is 694 g/mol. The van der Waals surface area contributed by atoms with Crippen LogP contribution in [0.3, 0.4) is 0 Å². The van der Waals surface area contributed by atoms with Crippen molar-refractivity contribution in [1.82, 2.24) is 0 Å². The summed E-state index contributed by atoms with van der Waals surface area (Å²) < 4.78 is 45.7. The van der Waals surface area contributed by atoms with Crippen LogP contribution in [0.15, 0.2) is 78.9 Å². The smallest absolute Gasteiger partial charge is 0.411 e. The minimum atomic E-state index is -1.72. The molecule has 0 radical (unpaired) electrons. The molecule has 3 saturated heterocycles. The molecule has 3 aliphatic rings. The van der Waals surface area contributed by atoms with Gasteiger partial charge in [0.1, 0.15) is 55.4 Å². The summed E-state index contributed by atoms with van der Waals surface area (Å²) in [7, 11) is 1.20. The standard InChI is InChI=1S/C35H38ClNO14/c1-44-35(43)37-22-14-18(12-13-21(22)36)15-46-33-27(40)25(38)30(23(48-33)16-45-31(42)19-8-4-2-5-9-19)51-34-28(41)26(39)29-24(49-34)17-47-32(50-29)20-10-6-3-7-11-20/h2-14,23-30,32-34,38-41H,15-17H2,1H3,(H,37,43)/t23-,24-,25-,26-,27-,28-,29-,30-,32?,33-,34-/m1/s1. The molecule has 5 N–H and O–H groups in total. The lowest BCUT2D eigenvalue weighted by Gasteiger charge is -2.48. The third kappa shape index (κ3) is 8.68. The van der Waals surface area contributed by atoms with Crippen LogP contribution in [0.25, 0.3) is 0 Å².